The fourth-order valence-electron chi connectivity index (χ4n) is 1.13. The van der Waals surface area contributed by atoms with E-state index in [0.717, 1.165) is 0 Å². The van der Waals surface area contributed by atoms with Gasteiger partial charge in [0.05, 0.1) is 0 Å². The van der Waals surface area contributed by atoms with Crippen molar-refractivity contribution in [2.75, 3.05) is 0 Å². The van der Waals surface area contributed by atoms with Gasteiger partial charge in [-0.25, -0.2) is 0 Å². The van der Waals surface area contributed by atoms with Gasteiger partial charge in [0, 0.05) is 0 Å². The molecule has 2 aromatic carbocycles. The van der Waals surface area contributed by atoms with Gasteiger partial charge in [0.25, 0.3) is 0 Å². The van der Waals surface area contributed by atoms with E-state index in [1.165, 1.54) is 0 Å². The van der Waals surface area contributed by atoms with Gasteiger partial charge in [-0.2, -0.15) is 0 Å². The predicted molar refractivity (Wildman–Crippen MR) is 75.1 cm³/mol. The first-order chi connectivity index (χ1) is 9.58. The number of para-hydroxylation sites is 2. The molecular weight excluding hydrogens is 342 g/mol. The van der Waals surface area contributed by atoms with Crippen LogP contribution >= 0.6 is 16.5 Å². The molecule has 0 aromatic heterocycles. The van der Waals surface area contributed by atoms with Crippen LogP contribution in [-0.2, 0) is 9.13 Å². The first-order valence-corrected chi connectivity index (χ1v) is 7.52. The van der Waals surface area contributed by atoms with Crippen LogP contribution in [0.15, 0.2) is 60.7 Å². The van der Waals surface area contributed by atoms with Gasteiger partial charge >= 0.3 is 54.2 Å². The topological polar surface area (TPSA) is 98.7 Å². The molecule has 2 rings (SSSR count). The summed E-state index contributed by atoms with van der Waals surface area (Å²) in [5.74, 6) is 0.692. The summed E-state index contributed by atoms with van der Waals surface area (Å²) in [7, 11) is -5.55. The average molecular weight is 352 g/mol. The first-order valence-electron chi connectivity index (χ1n) is 5.33. The standard InChI is InChI=1S/2C6H5O3P.Ca/c2*7-10(8)9-6-4-2-1-3-5-6;/h2*1-5H;/q;;+2. The number of hydrogen-bond donors (Lipinski definition) is 0. The Morgan fingerprint density at radius 1 is 0.667 bits per heavy atom. The molecule has 9 heteroatoms. The van der Waals surface area contributed by atoms with Crippen molar-refractivity contribution >= 4 is 54.2 Å². The van der Waals surface area contributed by atoms with Crippen LogP contribution in [-0.4, -0.2) is 37.7 Å². The average Bonchev–Trinajstić information content (AvgIpc) is 2.40. The van der Waals surface area contributed by atoms with Crippen molar-refractivity contribution in [3.63, 3.8) is 0 Å². The summed E-state index contributed by atoms with van der Waals surface area (Å²) in [5.41, 5.74) is 0. The third-order valence-corrected chi connectivity index (χ3v) is 2.57. The Hall–Kier alpha value is -0.580. The van der Waals surface area contributed by atoms with Gasteiger partial charge in [-0.1, -0.05) is 36.4 Å². The molecule has 0 N–H and O–H groups in total. The van der Waals surface area contributed by atoms with E-state index in [2.05, 4.69) is 9.05 Å². The Kier molecular flexibility index (Phi) is 11.7. The first kappa shape index (κ1) is 20.4. The van der Waals surface area contributed by atoms with Gasteiger partial charge in [-0.15, -0.1) is 0 Å². The zero-order valence-electron chi connectivity index (χ0n) is 10.8. The zero-order chi connectivity index (χ0) is 14.8. The second-order valence-corrected chi connectivity index (χ2v) is 4.52. The largest absolute Gasteiger partial charge is 2.00 e. The fourth-order valence-corrected chi connectivity index (χ4v) is 1.72. The van der Waals surface area contributed by atoms with Gasteiger partial charge < -0.3 is 9.79 Å². The molecule has 0 aliphatic heterocycles. The van der Waals surface area contributed by atoms with Crippen molar-refractivity contribution in [2.45, 2.75) is 0 Å². The van der Waals surface area contributed by atoms with E-state index in [4.69, 9.17) is 0 Å². The molecule has 0 spiro atoms. The van der Waals surface area contributed by atoms with Crippen molar-refractivity contribution in [1.82, 2.24) is 0 Å². The third kappa shape index (κ3) is 10.7. The molecule has 104 valence electrons. The predicted octanol–water partition coefficient (Wildman–Crippen LogP) is 1.79. The maximum absolute atomic E-state index is 9.98. The molecule has 2 atom stereocenters. The Morgan fingerprint density at radius 2 is 0.952 bits per heavy atom. The van der Waals surface area contributed by atoms with Crippen molar-refractivity contribution in [3.8, 4) is 11.5 Å². The van der Waals surface area contributed by atoms with Gasteiger partial charge in [0.15, 0.2) is 11.5 Å². The molecule has 2 unspecified atom stereocenters. The van der Waals surface area contributed by atoms with Crippen LogP contribution in [0.5, 0.6) is 11.5 Å². The molecule has 6 nitrogen and oxygen atoms in total. The van der Waals surface area contributed by atoms with E-state index in [9.17, 15) is 18.9 Å². The van der Waals surface area contributed by atoms with Crippen LogP contribution in [0.1, 0.15) is 0 Å². The number of benzene rings is 2. The van der Waals surface area contributed by atoms with E-state index in [0.29, 0.717) is 11.5 Å². The van der Waals surface area contributed by atoms with E-state index < -0.39 is 16.5 Å². The second-order valence-electron chi connectivity index (χ2n) is 3.26. The van der Waals surface area contributed by atoms with Crippen LogP contribution in [0.4, 0.5) is 0 Å². The molecule has 0 radical (unpaired) electrons. The minimum absolute atomic E-state index is 0. The Labute approximate surface area is 153 Å². The van der Waals surface area contributed by atoms with Gasteiger partial charge in [0.2, 0.25) is 0 Å². The van der Waals surface area contributed by atoms with E-state index in [1.54, 1.807) is 60.7 Å². The Balaban J connectivity index is 0.000000364. The summed E-state index contributed by atoms with van der Waals surface area (Å²) in [4.78, 5) is 20.0. The van der Waals surface area contributed by atoms with Gasteiger partial charge in [-0.3, -0.25) is 9.05 Å². The molecule has 0 amide bonds. The molecule has 21 heavy (non-hydrogen) atoms. The Bertz CT molecular complexity index is 501. The molecule has 0 fully saturated rings. The smallest absolute Gasteiger partial charge is 0.558 e. The number of hydrogen-bond acceptors (Lipinski definition) is 6. The van der Waals surface area contributed by atoms with Crippen LogP contribution in [0.2, 0.25) is 0 Å². The summed E-state index contributed by atoms with van der Waals surface area (Å²) in [6, 6.07) is 16.7. The molecule has 0 aliphatic carbocycles. The van der Waals surface area contributed by atoms with Crippen LogP contribution in [0.3, 0.4) is 0 Å². The molecule has 0 bridgehead atoms. The molecule has 0 saturated carbocycles. The third-order valence-electron chi connectivity index (χ3n) is 1.85. The molecule has 0 heterocycles. The fraction of sp³-hybridized carbons (Fsp3) is 0. The summed E-state index contributed by atoms with van der Waals surface area (Å²) >= 11 is 0. The normalized spacial score (nSPS) is 10.2. The maximum Gasteiger partial charge on any atom is 2.00 e. The van der Waals surface area contributed by atoms with E-state index in [-0.39, 0.29) is 37.7 Å². The van der Waals surface area contributed by atoms with Crippen molar-refractivity contribution in [1.29, 1.82) is 0 Å². The quantitative estimate of drug-likeness (QED) is 0.614. The molecule has 0 saturated heterocycles. The van der Waals surface area contributed by atoms with Gasteiger partial charge in [-0.05, 0) is 33.4 Å². The maximum atomic E-state index is 9.98. The van der Waals surface area contributed by atoms with Crippen LogP contribution in [0, 0.1) is 0 Å². The second kappa shape index (κ2) is 12.0. The summed E-state index contributed by atoms with van der Waals surface area (Å²) in [5, 5.41) is 0. The van der Waals surface area contributed by atoms with Crippen molar-refractivity contribution in [3.05, 3.63) is 60.7 Å². The zero-order valence-corrected chi connectivity index (χ0v) is 14.8. The van der Waals surface area contributed by atoms with Gasteiger partial charge in [0.1, 0.15) is 0 Å². The molecular formula is C12H10CaO6P2+2. The van der Waals surface area contributed by atoms with Crippen molar-refractivity contribution in [2.24, 2.45) is 0 Å². The monoisotopic (exact) mass is 352 g/mol. The molecule has 2 aromatic rings. The summed E-state index contributed by atoms with van der Waals surface area (Å²) < 4.78 is 28.7. The van der Waals surface area contributed by atoms with Crippen LogP contribution in [0.25, 0.3) is 0 Å². The Morgan fingerprint density at radius 3 is 1.19 bits per heavy atom. The molecule has 0 aliphatic rings. The SMILES string of the molecule is O=[P+]([O-])Oc1ccccc1.O=[P+]([O-])Oc1ccccc1.[Ca+2]. The minimum atomic E-state index is -2.78. The van der Waals surface area contributed by atoms with Crippen molar-refractivity contribution < 1.29 is 28.0 Å². The summed E-state index contributed by atoms with van der Waals surface area (Å²) in [6.45, 7) is 0. The van der Waals surface area contributed by atoms with Crippen LogP contribution < -0.4 is 18.8 Å². The summed E-state index contributed by atoms with van der Waals surface area (Å²) in [6.07, 6.45) is 0. The van der Waals surface area contributed by atoms with E-state index in [1.807, 2.05) is 0 Å². The number of rotatable bonds is 4. The minimum Gasteiger partial charge on any atom is -0.558 e. The van der Waals surface area contributed by atoms with E-state index >= 15 is 0 Å².